The van der Waals surface area contributed by atoms with Gasteiger partial charge in [0.1, 0.15) is 12.0 Å². The molecule has 0 bridgehead atoms. The van der Waals surface area contributed by atoms with Crippen LogP contribution in [-0.2, 0) is 0 Å². The minimum absolute atomic E-state index is 0.177. The third kappa shape index (κ3) is 1.86. The van der Waals surface area contributed by atoms with Crippen LogP contribution in [0.4, 0.5) is 5.69 Å². The Morgan fingerprint density at radius 3 is 2.79 bits per heavy atom. The number of benzene rings is 1. The molecule has 2 aromatic heterocycles. The number of aromatic nitrogens is 4. The van der Waals surface area contributed by atoms with Crippen LogP contribution >= 0.6 is 0 Å². The molecule has 0 aliphatic rings. The lowest BCUT2D eigenvalue weighted by molar-refractivity contribution is 0.0995. The second-order valence-corrected chi connectivity index (χ2v) is 3.98. The fourth-order valence-electron chi connectivity index (χ4n) is 1.82. The molecule has 1 aromatic carbocycles. The number of nitrogen functional groups attached to an aromatic ring is 1. The van der Waals surface area contributed by atoms with E-state index in [4.69, 9.17) is 11.5 Å². The third-order valence-corrected chi connectivity index (χ3v) is 2.70. The molecule has 0 atom stereocenters. The molecule has 2 heterocycles. The van der Waals surface area contributed by atoms with E-state index in [2.05, 4.69) is 15.1 Å². The molecule has 7 heteroatoms. The van der Waals surface area contributed by atoms with Crippen molar-refractivity contribution in [3.05, 3.63) is 42.5 Å². The number of carbonyl (C=O) groups excluding carboxylic acids is 1. The number of hydrogen-bond acceptors (Lipinski definition) is 5. The van der Waals surface area contributed by atoms with E-state index >= 15 is 0 Å². The van der Waals surface area contributed by atoms with Crippen LogP contribution in [0.5, 0.6) is 0 Å². The number of carbonyl (C=O) groups is 1. The summed E-state index contributed by atoms with van der Waals surface area (Å²) in [6.45, 7) is 0. The first kappa shape index (κ1) is 11.1. The minimum Gasteiger partial charge on any atom is -0.399 e. The van der Waals surface area contributed by atoms with Crippen molar-refractivity contribution in [2.45, 2.75) is 0 Å². The molecule has 3 rings (SSSR count). The van der Waals surface area contributed by atoms with Gasteiger partial charge in [-0.3, -0.25) is 4.79 Å². The molecule has 0 saturated carbocycles. The molecular weight excluding hydrogens is 244 g/mol. The highest BCUT2D eigenvalue weighted by Crippen LogP contribution is 2.20. The second-order valence-electron chi connectivity index (χ2n) is 3.98. The van der Waals surface area contributed by atoms with Crippen LogP contribution in [0.2, 0.25) is 0 Å². The molecule has 4 N–H and O–H groups in total. The Morgan fingerprint density at radius 1 is 1.21 bits per heavy atom. The van der Waals surface area contributed by atoms with Crippen LogP contribution < -0.4 is 11.5 Å². The van der Waals surface area contributed by atoms with Gasteiger partial charge in [-0.25, -0.2) is 14.6 Å². The van der Waals surface area contributed by atoms with E-state index < -0.39 is 5.91 Å². The highest BCUT2D eigenvalue weighted by Gasteiger charge is 2.10. The maximum atomic E-state index is 11.1. The van der Waals surface area contributed by atoms with Crippen molar-refractivity contribution in [3.8, 4) is 5.82 Å². The largest absolute Gasteiger partial charge is 0.399 e. The van der Waals surface area contributed by atoms with E-state index in [0.717, 1.165) is 10.9 Å². The smallest absolute Gasteiger partial charge is 0.269 e. The van der Waals surface area contributed by atoms with Crippen molar-refractivity contribution in [2.75, 3.05) is 5.73 Å². The van der Waals surface area contributed by atoms with Gasteiger partial charge in [0.05, 0.1) is 5.52 Å². The summed E-state index contributed by atoms with van der Waals surface area (Å²) >= 11 is 0. The maximum Gasteiger partial charge on any atom is 0.269 e. The zero-order valence-electron chi connectivity index (χ0n) is 9.82. The van der Waals surface area contributed by atoms with Crippen molar-refractivity contribution in [1.82, 2.24) is 19.7 Å². The highest BCUT2D eigenvalue weighted by atomic mass is 16.1. The average Bonchev–Trinajstić information content (AvgIpc) is 2.87. The number of hydrogen-bond donors (Lipinski definition) is 2. The predicted octanol–water partition coefficient (Wildman–Crippen LogP) is 0.497. The standard InChI is InChI=1S/C12H10N6O/c13-7-1-2-9-8(5-7)12(16-6-15-9)18-4-3-10(17-18)11(14)19/h1-6H,13H2,(H2,14,19). The molecule has 0 fully saturated rings. The minimum atomic E-state index is -0.586. The Balaban J connectivity index is 2.23. The van der Waals surface area contributed by atoms with Crippen molar-refractivity contribution >= 4 is 22.5 Å². The van der Waals surface area contributed by atoms with Crippen LogP contribution in [0.3, 0.4) is 0 Å². The number of primary amides is 1. The fraction of sp³-hybridized carbons (Fsp3) is 0. The van der Waals surface area contributed by atoms with Crippen LogP contribution in [0.25, 0.3) is 16.7 Å². The summed E-state index contributed by atoms with van der Waals surface area (Å²) < 4.78 is 1.48. The summed E-state index contributed by atoms with van der Waals surface area (Å²) in [6.07, 6.45) is 3.05. The lowest BCUT2D eigenvalue weighted by atomic mass is 10.2. The van der Waals surface area contributed by atoms with E-state index in [-0.39, 0.29) is 5.69 Å². The van der Waals surface area contributed by atoms with Gasteiger partial charge in [-0.1, -0.05) is 0 Å². The number of nitrogens with two attached hydrogens (primary N) is 2. The summed E-state index contributed by atoms with van der Waals surface area (Å²) in [4.78, 5) is 19.4. The lowest BCUT2D eigenvalue weighted by Crippen LogP contribution is -2.12. The maximum absolute atomic E-state index is 11.1. The molecular formula is C12H10N6O. The normalized spacial score (nSPS) is 10.7. The Bertz CT molecular complexity index is 779. The summed E-state index contributed by atoms with van der Waals surface area (Å²) in [5, 5.41) is 4.82. The van der Waals surface area contributed by atoms with Gasteiger partial charge in [0.2, 0.25) is 0 Å². The van der Waals surface area contributed by atoms with Crippen molar-refractivity contribution < 1.29 is 4.79 Å². The fourth-order valence-corrected chi connectivity index (χ4v) is 1.82. The first-order chi connectivity index (χ1) is 9.15. The summed E-state index contributed by atoms with van der Waals surface area (Å²) in [5.74, 6) is -0.0403. The Morgan fingerprint density at radius 2 is 2.05 bits per heavy atom. The van der Waals surface area contributed by atoms with Gasteiger partial charge in [-0.05, 0) is 24.3 Å². The molecule has 0 aliphatic heterocycles. The quantitative estimate of drug-likeness (QED) is 0.646. The number of amides is 1. The third-order valence-electron chi connectivity index (χ3n) is 2.70. The predicted molar refractivity (Wildman–Crippen MR) is 69.6 cm³/mol. The van der Waals surface area contributed by atoms with Crippen molar-refractivity contribution in [2.24, 2.45) is 5.73 Å². The van der Waals surface area contributed by atoms with Gasteiger partial charge in [0, 0.05) is 17.3 Å². The molecule has 0 aliphatic carbocycles. The van der Waals surface area contributed by atoms with E-state index in [1.807, 2.05) is 0 Å². The number of rotatable bonds is 2. The zero-order chi connectivity index (χ0) is 13.4. The molecule has 1 amide bonds. The Kier molecular flexibility index (Phi) is 2.38. The second kappa shape index (κ2) is 4.05. The first-order valence-corrected chi connectivity index (χ1v) is 5.51. The summed E-state index contributed by atoms with van der Waals surface area (Å²) in [7, 11) is 0. The Labute approximate surface area is 107 Å². The SMILES string of the molecule is NC(=O)c1ccn(-c2ncnc3ccc(N)cc23)n1. The van der Waals surface area contributed by atoms with E-state index in [9.17, 15) is 4.79 Å². The van der Waals surface area contributed by atoms with Gasteiger partial charge < -0.3 is 11.5 Å². The molecule has 94 valence electrons. The van der Waals surface area contributed by atoms with Gasteiger partial charge in [-0.2, -0.15) is 5.10 Å². The number of nitrogens with zero attached hydrogens (tertiary/aromatic N) is 4. The number of fused-ring (bicyclic) bond motifs is 1. The average molecular weight is 254 g/mol. The summed E-state index contributed by atoms with van der Waals surface area (Å²) in [6, 6.07) is 6.85. The van der Waals surface area contributed by atoms with E-state index in [1.165, 1.54) is 17.1 Å². The first-order valence-electron chi connectivity index (χ1n) is 5.51. The van der Waals surface area contributed by atoms with Crippen LogP contribution in [0.1, 0.15) is 10.5 Å². The molecule has 0 radical (unpaired) electrons. The Hall–Kier alpha value is -2.96. The van der Waals surface area contributed by atoms with Crippen LogP contribution in [0, 0.1) is 0 Å². The molecule has 0 saturated heterocycles. The van der Waals surface area contributed by atoms with E-state index in [0.29, 0.717) is 11.5 Å². The summed E-state index contributed by atoms with van der Waals surface area (Å²) in [5.41, 5.74) is 12.5. The van der Waals surface area contributed by atoms with Gasteiger partial charge in [-0.15, -0.1) is 0 Å². The van der Waals surface area contributed by atoms with Crippen LogP contribution in [0.15, 0.2) is 36.8 Å². The molecule has 19 heavy (non-hydrogen) atoms. The van der Waals surface area contributed by atoms with Gasteiger partial charge in [0.25, 0.3) is 5.91 Å². The topological polar surface area (TPSA) is 113 Å². The van der Waals surface area contributed by atoms with E-state index in [1.54, 1.807) is 24.4 Å². The van der Waals surface area contributed by atoms with Gasteiger partial charge in [0.15, 0.2) is 5.82 Å². The molecule has 7 nitrogen and oxygen atoms in total. The zero-order valence-corrected chi connectivity index (χ0v) is 9.82. The highest BCUT2D eigenvalue weighted by molar-refractivity contribution is 5.91. The van der Waals surface area contributed by atoms with Crippen molar-refractivity contribution in [3.63, 3.8) is 0 Å². The van der Waals surface area contributed by atoms with Crippen molar-refractivity contribution in [1.29, 1.82) is 0 Å². The molecule has 0 unspecified atom stereocenters. The molecule has 3 aromatic rings. The van der Waals surface area contributed by atoms with Gasteiger partial charge >= 0.3 is 0 Å². The number of anilines is 1. The lowest BCUT2D eigenvalue weighted by Gasteiger charge is -2.05. The van der Waals surface area contributed by atoms with Crippen LogP contribution in [-0.4, -0.2) is 25.7 Å². The monoisotopic (exact) mass is 254 g/mol. The molecule has 0 spiro atoms.